The monoisotopic (exact) mass is 343 g/mol. The van der Waals surface area contributed by atoms with Gasteiger partial charge in [0.05, 0.1) is 5.69 Å². The zero-order chi connectivity index (χ0) is 18.5. The summed E-state index contributed by atoms with van der Waals surface area (Å²) in [6, 6.07) is 8.87. The summed E-state index contributed by atoms with van der Waals surface area (Å²) in [6.45, 7) is 10.7. The van der Waals surface area contributed by atoms with Crippen molar-refractivity contribution in [2.75, 3.05) is 4.90 Å². The van der Waals surface area contributed by atoms with E-state index in [4.69, 9.17) is 0 Å². The van der Waals surface area contributed by atoms with Crippen molar-refractivity contribution >= 4 is 17.6 Å². The molecule has 5 heteroatoms. The first-order chi connectivity index (χ1) is 11.7. The van der Waals surface area contributed by atoms with Crippen LogP contribution in [0, 0.1) is 5.92 Å². The van der Waals surface area contributed by atoms with Gasteiger partial charge in [-0.05, 0) is 45.2 Å². The van der Waals surface area contributed by atoms with Crippen LogP contribution in [0.1, 0.15) is 53.9 Å². The van der Waals surface area contributed by atoms with E-state index < -0.39 is 5.54 Å². The molecule has 2 fully saturated rings. The Bertz CT molecular complexity index is 691. The van der Waals surface area contributed by atoms with Gasteiger partial charge in [-0.25, -0.2) is 9.69 Å². The number of para-hydroxylation sites is 1. The van der Waals surface area contributed by atoms with Crippen LogP contribution < -0.4 is 15.5 Å². The maximum absolute atomic E-state index is 13.5. The van der Waals surface area contributed by atoms with E-state index in [2.05, 4.69) is 45.3 Å². The minimum Gasteiger partial charge on any atom is -0.322 e. The SMILES string of the molecule is CCC1(C)CC2(NC(=O)N(c3ccccc3)C2=O)C(C)C(C)(CC)N1. The molecule has 1 aromatic carbocycles. The van der Waals surface area contributed by atoms with Crippen LogP contribution in [0.25, 0.3) is 0 Å². The Morgan fingerprint density at radius 3 is 2.32 bits per heavy atom. The molecule has 2 aliphatic rings. The Morgan fingerprint density at radius 2 is 1.76 bits per heavy atom. The Morgan fingerprint density at radius 1 is 1.12 bits per heavy atom. The topological polar surface area (TPSA) is 61.4 Å². The molecule has 2 heterocycles. The summed E-state index contributed by atoms with van der Waals surface area (Å²) in [5.74, 6) is -0.146. The molecule has 3 rings (SSSR count). The highest BCUT2D eigenvalue weighted by Gasteiger charge is 2.64. The van der Waals surface area contributed by atoms with Crippen LogP contribution in [0.3, 0.4) is 0 Å². The van der Waals surface area contributed by atoms with Crippen LogP contribution in [0.15, 0.2) is 30.3 Å². The third-order valence-corrected chi connectivity index (χ3v) is 6.60. The summed E-state index contributed by atoms with van der Waals surface area (Å²) in [4.78, 5) is 27.6. The molecule has 5 nitrogen and oxygen atoms in total. The number of amides is 3. The second-order valence-electron chi connectivity index (χ2n) is 8.09. The van der Waals surface area contributed by atoms with Gasteiger partial charge in [-0.1, -0.05) is 39.0 Å². The number of urea groups is 1. The lowest BCUT2D eigenvalue weighted by Gasteiger charge is -2.56. The van der Waals surface area contributed by atoms with Crippen LogP contribution in [0.2, 0.25) is 0 Å². The third kappa shape index (κ3) is 2.56. The molecule has 1 aromatic rings. The Balaban J connectivity index is 2.08. The first-order valence-corrected chi connectivity index (χ1v) is 9.22. The molecule has 4 atom stereocenters. The smallest absolute Gasteiger partial charge is 0.322 e. The molecule has 0 saturated carbocycles. The molecule has 0 aliphatic carbocycles. The summed E-state index contributed by atoms with van der Waals surface area (Å²) >= 11 is 0. The van der Waals surface area contributed by atoms with Crippen molar-refractivity contribution < 1.29 is 9.59 Å². The average Bonchev–Trinajstić information content (AvgIpc) is 2.84. The summed E-state index contributed by atoms with van der Waals surface area (Å²) in [6.07, 6.45) is 2.38. The van der Waals surface area contributed by atoms with E-state index in [1.54, 1.807) is 12.1 Å². The fourth-order valence-corrected chi connectivity index (χ4v) is 4.58. The van der Waals surface area contributed by atoms with Gasteiger partial charge < -0.3 is 10.6 Å². The number of imide groups is 1. The first kappa shape index (κ1) is 17.9. The highest BCUT2D eigenvalue weighted by atomic mass is 16.2. The van der Waals surface area contributed by atoms with Crippen molar-refractivity contribution in [2.24, 2.45) is 5.92 Å². The number of anilines is 1. The molecule has 4 unspecified atom stereocenters. The maximum atomic E-state index is 13.5. The highest BCUT2D eigenvalue weighted by Crippen LogP contribution is 2.46. The Hall–Kier alpha value is -1.88. The Kier molecular flexibility index (Phi) is 4.18. The summed E-state index contributed by atoms with van der Waals surface area (Å²) < 4.78 is 0. The molecule has 2 N–H and O–H groups in total. The normalized spacial score (nSPS) is 38.3. The number of rotatable bonds is 3. The largest absolute Gasteiger partial charge is 0.329 e. The van der Waals surface area contributed by atoms with Gasteiger partial charge >= 0.3 is 6.03 Å². The number of hydrogen-bond donors (Lipinski definition) is 2. The van der Waals surface area contributed by atoms with Gasteiger partial charge in [-0.2, -0.15) is 0 Å². The fourth-order valence-electron chi connectivity index (χ4n) is 4.58. The zero-order valence-corrected chi connectivity index (χ0v) is 15.8. The second kappa shape index (κ2) is 5.84. The van der Waals surface area contributed by atoms with Gasteiger partial charge in [0.1, 0.15) is 5.54 Å². The van der Waals surface area contributed by atoms with Crippen molar-refractivity contribution in [3.8, 4) is 0 Å². The summed E-state index contributed by atoms with van der Waals surface area (Å²) in [7, 11) is 0. The lowest BCUT2D eigenvalue weighted by molar-refractivity contribution is -0.129. The fraction of sp³-hybridized carbons (Fsp3) is 0.600. The van der Waals surface area contributed by atoms with Gasteiger partial charge in [0.25, 0.3) is 5.91 Å². The second-order valence-corrected chi connectivity index (χ2v) is 8.09. The van der Waals surface area contributed by atoms with Gasteiger partial charge in [0, 0.05) is 17.0 Å². The number of benzene rings is 1. The molecule has 0 aromatic heterocycles. The minimum absolute atomic E-state index is 0.0187. The molecule has 0 bridgehead atoms. The van der Waals surface area contributed by atoms with Gasteiger partial charge in [0.15, 0.2) is 0 Å². The number of nitrogens with zero attached hydrogens (tertiary/aromatic N) is 1. The molecular formula is C20H29N3O2. The van der Waals surface area contributed by atoms with Gasteiger partial charge in [-0.3, -0.25) is 4.79 Å². The van der Waals surface area contributed by atoms with Crippen molar-refractivity contribution in [3.63, 3.8) is 0 Å². The van der Waals surface area contributed by atoms with Crippen LogP contribution in [0.4, 0.5) is 10.5 Å². The third-order valence-electron chi connectivity index (χ3n) is 6.60. The van der Waals surface area contributed by atoms with Crippen molar-refractivity contribution in [1.82, 2.24) is 10.6 Å². The predicted molar refractivity (Wildman–Crippen MR) is 99.5 cm³/mol. The number of nitrogens with one attached hydrogen (secondary N) is 2. The summed E-state index contributed by atoms with van der Waals surface area (Å²) in [5, 5.41) is 6.87. The highest BCUT2D eigenvalue weighted by molar-refractivity contribution is 6.23. The van der Waals surface area contributed by atoms with Crippen LogP contribution in [-0.2, 0) is 4.79 Å². The van der Waals surface area contributed by atoms with E-state index in [0.29, 0.717) is 12.1 Å². The van der Waals surface area contributed by atoms with E-state index in [0.717, 1.165) is 12.8 Å². The van der Waals surface area contributed by atoms with Gasteiger partial charge in [0.2, 0.25) is 0 Å². The van der Waals surface area contributed by atoms with E-state index in [1.165, 1.54) is 4.90 Å². The molecule has 0 radical (unpaired) electrons. The number of carbonyl (C=O) groups is 2. The van der Waals surface area contributed by atoms with Gasteiger partial charge in [-0.15, -0.1) is 0 Å². The lowest BCUT2D eigenvalue weighted by atomic mass is 9.61. The van der Waals surface area contributed by atoms with E-state index in [-0.39, 0.29) is 28.9 Å². The average molecular weight is 343 g/mol. The lowest BCUT2D eigenvalue weighted by Crippen LogP contribution is -2.74. The quantitative estimate of drug-likeness (QED) is 0.827. The van der Waals surface area contributed by atoms with Crippen molar-refractivity contribution in [1.29, 1.82) is 0 Å². The van der Waals surface area contributed by atoms with Crippen molar-refractivity contribution in [2.45, 2.75) is 70.5 Å². The van der Waals surface area contributed by atoms with Crippen LogP contribution in [0.5, 0.6) is 0 Å². The summed E-state index contributed by atoms with van der Waals surface area (Å²) in [5.41, 5.74) is -0.664. The molecule has 2 aliphatic heterocycles. The minimum atomic E-state index is -0.867. The zero-order valence-electron chi connectivity index (χ0n) is 15.8. The predicted octanol–water partition coefficient (Wildman–Crippen LogP) is 3.45. The Labute approximate surface area is 150 Å². The molecule has 1 spiro atoms. The van der Waals surface area contributed by atoms with Crippen LogP contribution in [-0.4, -0.2) is 28.6 Å². The number of piperidine rings is 1. The van der Waals surface area contributed by atoms with E-state index >= 15 is 0 Å². The van der Waals surface area contributed by atoms with Crippen LogP contribution >= 0.6 is 0 Å². The maximum Gasteiger partial charge on any atom is 0.329 e. The molecule has 2 saturated heterocycles. The standard InChI is InChI=1S/C20H29N3O2/c1-6-18(4)13-20(14(3)19(5,7-2)22-18)16(24)23(17(25)21-20)15-11-9-8-10-12-15/h8-12,14,22H,6-7,13H2,1-5H3,(H,21,25). The van der Waals surface area contributed by atoms with Crippen molar-refractivity contribution in [3.05, 3.63) is 30.3 Å². The molecule has 25 heavy (non-hydrogen) atoms. The molecule has 3 amide bonds. The molecular weight excluding hydrogens is 314 g/mol. The first-order valence-electron chi connectivity index (χ1n) is 9.22. The van der Waals surface area contributed by atoms with E-state index in [9.17, 15) is 9.59 Å². The molecule has 136 valence electrons. The number of carbonyl (C=O) groups excluding carboxylic acids is 2. The van der Waals surface area contributed by atoms with E-state index in [1.807, 2.05) is 18.2 Å². The number of hydrogen-bond acceptors (Lipinski definition) is 3.